The Bertz CT molecular complexity index is 506. The molecule has 0 N–H and O–H groups in total. The zero-order chi connectivity index (χ0) is 14.4. The molecule has 2 aromatic rings. The second-order valence-corrected chi connectivity index (χ2v) is 5.39. The van der Waals surface area contributed by atoms with Gasteiger partial charge >= 0.3 is 0 Å². The summed E-state index contributed by atoms with van der Waals surface area (Å²) in [7, 11) is 6.17. The van der Waals surface area contributed by atoms with Crippen molar-refractivity contribution in [1.82, 2.24) is 24.6 Å². The summed E-state index contributed by atoms with van der Waals surface area (Å²) in [6.07, 6.45) is 7.72. The van der Waals surface area contributed by atoms with E-state index in [1.54, 1.807) is 0 Å². The minimum Gasteiger partial charge on any atom is -0.308 e. The molecule has 2 rings (SSSR count). The van der Waals surface area contributed by atoms with E-state index in [0.29, 0.717) is 0 Å². The standard InChI is InChI=1S/C15H23N5/c1-18(2)8-9-20(12-14-4-6-16-7-5-14)13-15-10-17-19(3)11-15/h4-7,10-11H,8-9,12-13H2,1-3H3. The number of nitrogens with zero attached hydrogens (tertiary/aromatic N) is 5. The van der Waals surface area contributed by atoms with Crippen LogP contribution in [0.15, 0.2) is 36.9 Å². The fourth-order valence-corrected chi connectivity index (χ4v) is 2.11. The maximum absolute atomic E-state index is 4.24. The molecule has 5 heteroatoms. The topological polar surface area (TPSA) is 37.2 Å². The Morgan fingerprint density at radius 3 is 2.35 bits per heavy atom. The van der Waals surface area contributed by atoms with E-state index in [0.717, 1.165) is 26.2 Å². The Kier molecular flexibility index (Phi) is 5.26. The Morgan fingerprint density at radius 2 is 1.75 bits per heavy atom. The molecule has 0 saturated heterocycles. The van der Waals surface area contributed by atoms with E-state index in [1.165, 1.54) is 11.1 Å². The molecule has 0 aromatic carbocycles. The number of aromatic nitrogens is 3. The van der Waals surface area contributed by atoms with Crippen LogP contribution >= 0.6 is 0 Å². The van der Waals surface area contributed by atoms with Crippen LogP contribution in [0.1, 0.15) is 11.1 Å². The SMILES string of the molecule is CN(C)CCN(Cc1ccncc1)Cc1cnn(C)c1. The molecule has 0 spiro atoms. The number of likely N-dealkylation sites (N-methyl/N-ethyl adjacent to an activating group) is 1. The quantitative estimate of drug-likeness (QED) is 0.764. The molecule has 0 aliphatic carbocycles. The third-order valence-corrected chi connectivity index (χ3v) is 3.18. The average molecular weight is 273 g/mol. The molecule has 0 aliphatic heterocycles. The highest BCUT2D eigenvalue weighted by atomic mass is 15.2. The highest BCUT2D eigenvalue weighted by molar-refractivity contribution is 5.10. The highest BCUT2D eigenvalue weighted by Crippen LogP contribution is 2.08. The second-order valence-electron chi connectivity index (χ2n) is 5.39. The van der Waals surface area contributed by atoms with Gasteiger partial charge in [0.2, 0.25) is 0 Å². The fraction of sp³-hybridized carbons (Fsp3) is 0.467. The van der Waals surface area contributed by atoms with Crippen LogP contribution in [-0.2, 0) is 20.1 Å². The first-order chi connectivity index (χ1) is 9.63. The van der Waals surface area contributed by atoms with Crippen molar-refractivity contribution >= 4 is 0 Å². The van der Waals surface area contributed by atoms with Crippen LogP contribution in [0.3, 0.4) is 0 Å². The molecule has 0 atom stereocenters. The van der Waals surface area contributed by atoms with Gasteiger partial charge in [0, 0.05) is 57.4 Å². The first kappa shape index (κ1) is 14.7. The summed E-state index contributed by atoms with van der Waals surface area (Å²) in [5, 5.41) is 4.24. The lowest BCUT2D eigenvalue weighted by atomic mass is 10.2. The van der Waals surface area contributed by atoms with Gasteiger partial charge in [-0.05, 0) is 31.8 Å². The maximum Gasteiger partial charge on any atom is 0.0534 e. The van der Waals surface area contributed by atoms with E-state index in [2.05, 4.69) is 52.3 Å². The van der Waals surface area contributed by atoms with Crippen molar-refractivity contribution < 1.29 is 0 Å². The van der Waals surface area contributed by atoms with Crippen LogP contribution in [0.25, 0.3) is 0 Å². The third kappa shape index (κ3) is 4.75. The number of hydrogen-bond acceptors (Lipinski definition) is 4. The Morgan fingerprint density at radius 1 is 1.05 bits per heavy atom. The first-order valence-corrected chi connectivity index (χ1v) is 6.87. The largest absolute Gasteiger partial charge is 0.308 e. The van der Waals surface area contributed by atoms with Gasteiger partial charge in [-0.3, -0.25) is 14.6 Å². The van der Waals surface area contributed by atoms with Crippen LogP contribution < -0.4 is 0 Å². The average Bonchev–Trinajstić information content (AvgIpc) is 2.82. The Hall–Kier alpha value is -1.72. The van der Waals surface area contributed by atoms with Crippen molar-refractivity contribution in [3.8, 4) is 0 Å². The van der Waals surface area contributed by atoms with Gasteiger partial charge in [-0.1, -0.05) is 0 Å². The molecule has 0 amide bonds. The van der Waals surface area contributed by atoms with Crippen molar-refractivity contribution in [3.05, 3.63) is 48.0 Å². The number of rotatable bonds is 7. The molecular weight excluding hydrogens is 250 g/mol. The van der Waals surface area contributed by atoms with Crippen molar-refractivity contribution in [1.29, 1.82) is 0 Å². The molecule has 0 bridgehead atoms. The minimum atomic E-state index is 0.921. The maximum atomic E-state index is 4.24. The molecule has 0 aliphatic rings. The van der Waals surface area contributed by atoms with Crippen LogP contribution in [-0.4, -0.2) is 51.7 Å². The van der Waals surface area contributed by atoms with Crippen molar-refractivity contribution in [2.75, 3.05) is 27.2 Å². The molecular formula is C15H23N5. The molecule has 5 nitrogen and oxygen atoms in total. The van der Waals surface area contributed by atoms with E-state index in [1.807, 2.05) is 30.3 Å². The van der Waals surface area contributed by atoms with Gasteiger partial charge in [-0.2, -0.15) is 5.10 Å². The zero-order valence-corrected chi connectivity index (χ0v) is 12.5. The fourth-order valence-electron chi connectivity index (χ4n) is 2.11. The lowest BCUT2D eigenvalue weighted by molar-refractivity contribution is 0.226. The monoisotopic (exact) mass is 273 g/mol. The van der Waals surface area contributed by atoms with Crippen LogP contribution in [0.5, 0.6) is 0 Å². The van der Waals surface area contributed by atoms with E-state index in [-0.39, 0.29) is 0 Å². The smallest absolute Gasteiger partial charge is 0.0534 e. The van der Waals surface area contributed by atoms with Gasteiger partial charge in [-0.25, -0.2) is 0 Å². The van der Waals surface area contributed by atoms with Crippen molar-refractivity contribution in [2.24, 2.45) is 7.05 Å². The van der Waals surface area contributed by atoms with Gasteiger partial charge in [0.05, 0.1) is 6.20 Å². The predicted molar refractivity (Wildman–Crippen MR) is 80.1 cm³/mol. The van der Waals surface area contributed by atoms with Gasteiger partial charge in [-0.15, -0.1) is 0 Å². The Labute approximate surface area is 120 Å². The zero-order valence-electron chi connectivity index (χ0n) is 12.5. The summed E-state index contributed by atoms with van der Waals surface area (Å²) in [4.78, 5) is 8.72. The summed E-state index contributed by atoms with van der Waals surface area (Å²) >= 11 is 0. The number of aryl methyl sites for hydroxylation is 1. The Balaban J connectivity index is 2.00. The molecule has 20 heavy (non-hydrogen) atoms. The van der Waals surface area contributed by atoms with Crippen LogP contribution in [0.4, 0.5) is 0 Å². The molecule has 2 aromatic heterocycles. The molecule has 2 heterocycles. The van der Waals surface area contributed by atoms with Gasteiger partial charge < -0.3 is 4.90 Å². The lowest BCUT2D eigenvalue weighted by Crippen LogP contribution is -2.31. The summed E-state index contributed by atoms with van der Waals surface area (Å²) in [5.41, 5.74) is 2.54. The third-order valence-electron chi connectivity index (χ3n) is 3.18. The summed E-state index contributed by atoms with van der Waals surface area (Å²) in [6.45, 7) is 3.94. The van der Waals surface area contributed by atoms with Gasteiger partial charge in [0.1, 0.15) is 0 Å². The van der Waals surface area contributed by atoms with Gasteiger partial charge in [0.25, 0.3) is 0 Å². The summed E-state index contributed by atoms with van der Waals surface area (Å²) < 4.78 is 1.85. The highest BCUT2D eigenvalue weighted by Gasteiger charge is 2.09. The summed E-state index contributed by atoms with van der Waals surface area (Å²) in [5.74, 6) is 0. The lowest BCUT2D eigenvalue weighted by Gasteiger charge is -2.23. The molecule has 0 saturated carbocycles. The minimum absolute atomic E-state index is 0.921. The van der Waals surface area contributed by atoms with E-state index >= 15 is 0 Å². The van der Waals surface area contributed by atoms with Crippen LogP contribution in [0.2, 0.25) is 0 Å². The number of hydrogen-bond donors (Lipinski definition) is 0. The van der Waals surface area contributed by atoms with E-state index < -0.39 is 0 Å². The van der Waals surface area contributed by atoms with Gasteiger partial charge in [0.15, 0.2) is 0 Å². The molecule has 108 valence electrons. The van der Waals surface area contributed by atoms with Crippen molar-refractivity contribution in [2.45, 2.75) is 13.1 Å². The number of pyridine rings is 1. The van der Waals surface area contributed by atoms with Crippen LogP contribution in [0, 0.1) is 0 Å². The molecule has 0 radical (unpaired) electrons. The molecule has 0 unspecified atom stereocenters. The molecule has 0 fully saturated rings. The van der Waals surface area contributed by atoms with E-state index in [9.17, 15) is 0 Å². The normalized spacial score (nSPS) is 11.4. The predicted octanol–water partition coefficient (Wildman–Crippen LogP) is 1.38. The second kappa shape index (κ2) is 7.17. The van der Waals surface area contributed by atoms with Crippen molar-refractivity contribution in [3.63, 3.8) is 0 Å². The first-order valence-electron chi connectivity index (χ1n) is 6.87. The summed E-state index contributed by atoms with van der Waals surface area (Å²) in [6, 6.07) is 4.15. The van der Waals surface area contributed by atoms with E-state index in [4.69, 9.17) is 0 Å².